The summed E-state index contributed by atoms with van der Waals surface area (Å²) in [7, 11) is 0. The fourth-order valence-electron chi connectivity index (χ4n) is 2.22. The third-order valence-corrected chi connectivity index (χ3v) is 3.14. The fourth-order valence-corrected chi connectivity index (χ4v) is 2.22. The Morgan fingerprint density at radius 3 is 2.75 bits per heavy atom. The number of nitrogens with zero attached hydrogens (tertiary/aromatic N) is 2. The van der Waals surface area contributed by atoms with Gasteiger partial charge in [0.15, 0.2) is 5.43 Å². The molecule has 0 radical (unpaired) electrons. The third-order valence-electron chi connectivity index (χ3n) is 3.14. The van der Waals surface area contributed by atoms with Gasteiger partial charge in [-0.05, 0) is 38.8 Å². The minimum atomic E-state index is 0.0805. The molecular weight excluding hydrogens is 200 g/mol. The van der Waals surface area contributed by atoms with Crippen molar-refractivity contribution in [2.75, 3.05) is 0 Å². The Balaban J connectivity index is 2.46. The molecule has 0 N–H and O–H groups in total. The number of aromatic nitrogens is 2. The molecule has 1 saturated carbocycles. The molecular formula is C13H14N2O. The van der Waals surface area contributed by atoms with Crippen LogP contribution < -0.4 is 5.43 Å². The number of hydrogen-bond acceptors (Lipinski definition) is 2. The maximum absolute atomic E-state index is 11.9. The lowest BCUT2D eigenvalue weighted by Crippen LogP contribution is -2.12. The molecule has 0 amide bonds. The average Bonchev–Trinajstić information content (AvgIpc) is 3.01. The van der Waals surface area contributed by atoms with Crippen LogP contribution in [0, 0.1) is 13.8 Å². The van der Waals surface area contributed by atoms with Crippen LogP contribution in [0.2, 0.25) is 0 Å². The summed E-state index contributed by atoms with van der Waals surface area (Å²) in [6.45, 7) is 3.95. The smallest absolute Gasteiger partial charge is 0.191 e. The van der Waals surface area contributed by atoms with Gasteiger partial charge in [-0.15, -0.1) is 0 Å². The molecule has 2 aromatic heterocycles. The number of rotatable bonds is 1. The van der Waals surface area contributed by atoms with Crippen molar-refractivity contribution in [2.24, 2.45) is 0 Å². The minimum Gasteiger partial charge on any atom is -0.327 e. The summed E-state index contributed by atoms with van der Waals surface area (Å²) < 4.78 is 2.21. The molecule has 1 aliphatic rings. The lowest BCUT2D eigenvalue weighted by Gasteiger charge is -2.12. The first-order valence-electron chi connectivity index (χ1n) is 5.66. The zero-order chi connectivity index (χ0) is 11.3. The predicted molar refractivity (Wildman–Crippen MR) is 63.7 cm³/mol. The lowest BCUT2D eigenvalue weighted by molar-refractivity contribution is 0.728. The van der Waals surface area contributed by atoms with Crippen molar-refractivity contribution in [1.29, 1.82) is 0 Å². The van der Waals surface area contributed by atoms with Gasteiger partial charge in [-0.2, -0.15) is 0 Å². The van der Waals surface area contributed by atoms with Gasteiger partial charge in [0, 0.05) is 23.5 Å². The topological polar surface area (TPSA) is 34.9 Å². The summed E-state index contributed by atoms with van der Waals surface area (Å²) in [5, 5.41) is 0.739. The van der Waals surface area contributed by atoms with Crippen molar-refractivity contribution in [1.82, 2.24) is 9.55 Å². The Morgan fingerprint density at radius 2 is 2.06 bits per heavy atom. The minimum absolute atomic E-state index is 0.0805. The zero-order valence-electron chi connectivity index (χ0n) is 9.53. The van der Waals surface area contributed by atoms with Crippen molar-refractivity contribution >= 4 is 11.0 Å². The third kappa shape index (κ3) is 1.35. The highest BCUT2D eigenvalue weighted by molar-refractivity contribution is 5.75. The molecule has 3 rings (SSSR count). The average molecular weight is 214 g/mol. The van der Waals surface area contributed by atoms with Crippen molar-refractivity contribution in [3.8, 4) is 0 Å². The van der Waals surface area contributed by atoms with E-state index in [9.17, 15) is 4.79 Å². The predicted octanol–water partition coefficient (Wildman–Crippen LogP) is 2.35. The lowest BCUT2D eigenvalue weighted by atomic mass is 10.2. The van der Waals surface area contributed by atoms with E-state index in [0.29, 0.717) is 6.04 Å². The molecule has 0 aromatic carbocycles. The molecule has 16 heavy (non-hydrogen) atoms. The molecule has 82 valence electrons. The maximum atomic E-state index is 11.9. The number of aryl methyl sites for hydroxylation is 2. The number of fused-ring (bicyclic) bond motifs is 1. The Morgan fingerprint density at radius 1 is 1.31 bits per heavy atom. The van der Waals surface area contributed by atoms with Crippen LogP contribution >= 0.6 is 0 Å². The van der Waals surface area contributed by atoms with E-state index >= 15 is 0 Å². The highest BCUT2D eigenvalue weighted by Crippen LogP contribution is 2.37. The van der Waals surface area contributed by atoms with Crippen LogP contribution in [0.25, 0.3) is 11.0 Å². The largest absolute Gasteiger partial charge is 0.327 e. The first kappa shape index (κ1) is 9.58. The van der Waals surface area contributed by atoms with Gasteiger partial charge in [-0.25, -0.2) is 4.98 Å². The zero-order valence-corrected chi connectivity index (χ0v) is 9.53. The van der Waals surface area contributed by atoms with E-state index in [-0.39, 0.29) is 5.43 Å². The Hall–Kier alpha value is -1.64. The molecule has 3 nitrogen and oxygen atoms in total. The summed E-state index contributed by atoms with van der Waals surface area (Å²) in [6, 6.07) is 6.06. The molecule has 0 aliphatic heterocycles. The van der Waals surface area contributed by atoms with E-state index in [1.807, 2.05) is 26.0 Å². The summed E-state index contributed by atoms with van der Waals surface area (Å²) in [6.07, 6.45) is 2.41. The molecule has 0 atom stereocenters. The van der Waals surface area contributed by atoms with Gasteiger partial charge in [-0.1, -0.05) is 0 Å². The van der Waals surface area contributed by atoms with Gasteiger partial charge in [-0.3, -0.25) is 4.79 Å². The van der Waals surface area contributed by atoms with Crippen LogP contribution in [0.15, 0.2) is 23.0 Å². The van der Waals surface area contributed by atoms with E-state index in [1.165, 1.54) is 12.8 Å². The summed E-state index contributed by atoms with van der Waals surface area (Å²) >= 11 is 0. The molecule has 1 aliphatic carbocycles. The quantitative estimate of drug-likeness (QED) is 0.730. The second-order valence-electron chi connectivity index (χ2n) is 4.57. The van der Waals surface area contributed by atoms with Crippen molar-refractivity contribution in [3.05, 3.63) is 39.8 Å². The van der Waals surface area contributed by atoms with Crippen molar-refractivity contribution < 1.29 is 0 Å². The van der Waals surface area contributed by atoms with Gasteiger partial charge in [0.2, 0.25) is 0 Å². The molecule has 3 heteroatoms. The Kier molecular flexibility index (Phi) is 1.90. The Bertz CT molecular complexity index is 624. The molecule has 2 aromatic rings. The van der Waals surface area contributed by atoms with Gasteiger partial charge in [0.05, 0.1) is 5.39 Å². The second-order valence-corrected chi connectivity index (χ2v) is 4.57. The first-order chi connectivity index (χ1) is 7.66. The summed E-state index contributed by atoms with van der Waals surface area (Å²) in [4.78, 5) is 16.4. The standard InChI is InChI=1S/C13H14N2O/c1-8-3-6-11-12(16)7-9(2)15(10-4-5-10)13(11)14-8/h3,6-7,10H,4-5H2,1-2H3. The van der Waals surface area contributed by atoms with Crippen LogP contribution in [-0.2, 0) is 0 Å². The van der Waals surface area contributed by atoms with E-state index in [1.54, 1.807) is 6.07 Å². The molecule has 0 spiro atoms. The van der Waals surface area contributed by atoms with Gasteiger partial charge in [0.25, 0.3) is 0 Å². The number of hydrogen-bond donors (Lipinski definition) is 0. The first-order valence-corrected chi connectivity index (χ1v) is 5.66. The van der Waals surface area contributed by atoms with Gasteiger partial charge < -0.3 is 4.57 Å². The van der Waals surface area contributed by atoms with E-state index < -0.39 is 0 Å². The summed E-state index contributed by atoms with van der Waals surface area (Å²) in [5.41, 5.74) is 2.93. The van der Waals surface area contributed by atoms with E-state index in [4.69, 9.17) is 0 Å². The number of pyridine rings is 2. The monoisotopic (exact) mass is 214 g/mol. The molecule has 2 heterocycles. The van der Waals surface area contributed by atoms with Gasteiger partial charge >= 0.3 is 0 Å². The highest BCUT2D eigenvalue weighted by Gasteiger charge is 2.26. The van der Waals surface area contributed by atoms with Gasteiger partial charge in [0.1, 0.15) is 5.65 Å². The molecule has 0 bridgehead atoms. The van der Waals surface area contributed by atoms with Crippen molar-refractivity contribution in [3.63, 3.8) is 0 Å². The maximum Gasteiger partial charge on any atom is 0.191 e. The second kappa shape index (κ2) is 3.17. The molecule has 1 fully saturated rings. The van der Waals surface area contributed by atoms with E-state index in [0.717, 1.165) is 22.4 Å². The van der Waals surface area contributed by atoms with E-state index in [2.05, 4.69) is 9.55 Å². The summed E-state index contributed by atoms with van der Waals surface area (Å²) in [5.74, 6) is 0. The van der Waals surface area contributed by atoms with Crippen LogP contribution in [-0.4, -0.2) is 9.55 Å². The van der Waals surface area contributed by atoms with Crippen LogP contribution in [0.5, 0.6) is 0 Å². The SMILES string of the molecule is Cc1ccc2c(=O)cc(C)n(C3CC3)c2n1. The molecule has 0 saturated heterocycles. The van der Waals surface area contributed by atoms with Crippen LogP contribution in [0.3, 0.4) is 0 Å². The van der Waals surface area contributed by atoms with Crippen LogP contribution in [0.1, 0.15) is 30.3 Å². The fraction of sp³-hybridized carbons (Fsp3) is 0.385. The Labute approximate surface area is 93.7 Å². The molecule has 0 unspecified atom stereocenters. The van der Waals surface area contributed by atoms with Crippen LogP contribution in [0.4, 0.5) is 0 Å². The van der Waals surface area contributed by atoms with Crippen molar-refractivity contribution in [2.45, 2.75) is 32.7 Å². The normalized spacial score (nSPS) is 15.6. The highest BCUT2D eigenvalue weighted by atomic mass is 16.1.